The summed E-state index contributed by atoms with van der Waals surface area (Å²) in [5, 5.41) is 21.8. The molecular weight excluding hydrogens is 274 g/mol. The average Bonchev–Trinajstić information content (AvgIpc) is 2.94. The Labute approximate surface area is 122 Å². The van der Waals surface area contributed by atoms with Gasteiger partial charge in [-0.05, 0) is 29.0 Å². The minimum absolute atomic E-state index is 0.00742. The lowest BCUT2D eigenvalue weighted by Crippen LogP contribution is -2.35. The number of para-hydroxylation sites is 1. The molecule has 0 saturated heterocycles. The van der Waals surface area contributed by atoms with Gasteiger partial charge in [0.05, 0.1) is 17.5 Å². The van der Waals surface area contributed by atoms with E-state index in [0.717, 1.165) is 18.5 Å². The van der Waals surface area contributed by atoms with Crippen molar-refractivity contribution in [1.82, 2.24) is 20.2 Å². The van der Waals surface area contributed by atoms with E-state index in [-0.39, 0.29) is 17.9 Å². The molecule has 20 heavy (non-hydrogen) atoms. The summed E-state index contributed by atoms with van der Waals surface area (Å²) in [4.78, 5) is 0. The molecule has 0 saturated carbocycles. The fourth-order valence-corrected chi connectivity index (χ4v) is 2.88. The summed E-state index contributed by atoms with van der Waals surface area (Å²) in [6, 6.07) is 9.58. The number of aliphatic hydroxyl groups is 1. The van der Waals surface area contributed by atoms with E-state index in [4.69, 9.17) is 5.73 Å². The van der Waals surface area contributed by atoms with Gasteiger partial charge >= 0.3 is 0 Å². The molecule has 0 bridgehead atoms. The Hall–Kier alpha value is -1.44. The lowest BCUT2D eigenvalue weighted by molar-refractivity contribution is 0.279. The summed E-state index contributed by atoms with van der Waals surface area (Å²) >= 11 is 1.42. The van der Waals surface area contributed by atoms with Gasteiger partial charge in [0.2, 0.25) is 5.16 Å². The summed E-state index contributed by atoms with van der Waals surface area (Å²) in [7, 11) is 0. The maximum absolute atomic E-state index is 9.50. The molecule has 2 aromatic rings. The molecule has 1 heterocycles. The highest BCUT2D eigenvalue weighted by Gasteiger charge is 2.21. The maximum Gasteiger partial charge on any atom is 0.214 e. The smallest absolute Gasteiger partial charge is 0.214 e. The first-order valence-electron chi connectivity index (χ1n) is 6.63. The Morgan fingerprint density at radius 2 is 2.10 bits per heavy atom. The van der Waals surface area contributed by atoms with Gasteiger partial charge < -0.3 is 10.8 Å². The molecular formula is C13H19N5OS. The number of hydrogen-bond donors (Lipinski definition) is 2. The van der Waals surface area contributed by atoms with Crippen LogP contribution >= 0.6 is 11.8 Å². The van der Waals surface area contributed by atoms with Gasteiger partial charge in [0.25, 0.3) is 0 Å². The van der Waals surface area contributed by atoms with Crippen LogP contribution in [0.3, 0.4) is 0 Å². The van der Waals surface area contributed by atoms with Crippen molar-refractivity contribution in [1.29, 1.82) is 0 Å². The second kappa shape index (κ2) is 7.37. The minimum atomic E-state index is -0.108. The van der Waals surface area contributed by atoms with Crippen molar-refractivity contribution >= 4 is 11.8 Å². The van der Waals surface area contributed by atoms with Crippen LogP contribution in [0.5, 0.6) is 0 Å². The number of aliphatic hydroxyl groups excluding tert-OH is 1. The molecule has 1 aromatic heterocycles. The summed E-state index contributed by atoms with van der Waals surface area (Å²) in [6.07, 6.45) is 1.85. The molecule has 6 nitrogen and oxygen atoms in total. The second-order valence-corrected chi connectivity index (χ2v) is 5.71. The van der Waals surface area contributed by atoms with E-state index < -0.39 is 0 Å². The molecule has 0 aliphatic rings. The van der Waals surface area contributed by atoms with Crippen LogP contribution in [-0.4, -0.2) is 43.2 Å². The first-order valence-corrected chi connectivity index (χ1v) is 7.51. The fraction of sp³-hybridized carbons (Fsp3) is 0.462. The predicted molar refractivity (Wildman–Crippen MR) is 78.8 cm³/mol. The Bertz CT molecular complexity index is 518. The van der Waals surface area contributed by atoms with E-state index in [1.54, 1.807) is 4.68 Å². The fourth-order valence-electron chi connectivity index (χ4n) is 1.90. The van der Waals surface area contributed by atoms with Crippen LogP contribution in [0.15, 0.2) is 35.5 Å². The van der Waals surface area contributed by atoms with Crippen LogP contribution in [0, 0.1) is 0 Å². The van der Waals surface area contributed by atoms with E-state index in [1.165, 1.54) is 11.8 Å². The number of benzene rings is 1. The van der Waals surface area contributed by atoms with Gasteiger partial charge in [0, 0.05) is 6.04 Å². The molecule has 7 heteroatoms. The van der Waals surface area contributed by atoms with Crippen LogP contribution in [0.4, 0.5) is 0 Å². The van der Waals surface area contributed by atoms with Gasteiger partial charge in [0.1, 0.15) is 0 Å². The highest BCUT2D eigenvalue weighted by molar-refractivity contribution is 7.99. The third-order valence-electron chi connectivity index (χ3n) is 2.98. The summed E-state index contributed by atoms with van der Waals surface area (Å²) < 4.78 is 1.66. The second-order valence-electron chi connectivity index (χ2n) is 4.50. The molecule has 1 aromatic carbocycles. The molecule has 0 spiro atoms. The molecule has 2 atom stereocenters. The van der Waals surface area contributed by atoms with Crippen LogP contribution in [0.2, 0.25) is 0 Å². The van der Waals surface area contributed by atoms with E-state index >= 15 is 0 Å². The van der Waals surface area contributed by atoms with Crippen LogP contribution in [-0.2, 0) is 0 Å². The highest BCUT2D eigenvalue weighted by atomic mass is 32.2. The standard InChI is InChI=1S/C13H19N5OS/c1-2-6-11(14)12(9-19)20-13-15-16-17-18(13)10-7-4-3-5-8-10/h3-5,7-8,11-12,19H,2,6,9,14H2,1H3. The van der Waals surface area contributed by atoms with Crippen molar-refractivity contribution in [3.05, 3.63) is 30.3 Å². The van der Waals surface area contributed by atoms with Gasteiger partial charge in [-0.25, -0.2) is 0 Å². The van der Waals surface area contributed by atoms with E-state index in [0.29, 0.717) is 5.16 Å². The SMILES string of the molecule is CCCC(N)C(CO)Sc1nnnn1-c1ccccc1. The predicted octanol–water partition coefficient (Wildman–Crippen LogP) is 1.24. The van der Waals surface area contributed by atoms with Crippen molar-refractivity contribution in [3.8, 4) is 5.69 Å². The van der Waals surface area contributed by atoms with E-state index in [2.05, 4.69) is 22.4 Å². The topological polar surface area (TPSA) is 89.8 Å². The maximum atomic E-state index is 9.50. The Morgan fingerprint density at radius 3 is 2.75 bits per heavy atom. The van der Waals surface area contributed by atoms with Crippen molar-refractivity contribution in [2.75, 3.05) is 6.61 Å². The molecule has 0 fully saturated rings. The van der Waals surface area contributed by atoms with E-state index in [9.17, 15) is 5.11 Å². The Balaban J connectivity index is 2.16. The molecule has 0 amide bonds. The number of nitrogens with two attached hydrogens (primary N) is 1. The van der Waals surface area contributed by atoms with Crippen molar-refractivity contribution in [2.24, 2.45) is 5.73 Å². The zero-order valence-corrected chi connectivity index (χ0v) is 12.2. The van der Waals surface area contributed by atoms with Gasteiger partial charge in [-0.2, -0.15) is 4.68 Å². The Kier molecular flexibility index (Phi) is 5.51. The number of aromatic nitrogens is 4. The molecule has 2 unspecified atom stereocenters. The first kappa shape index (κ1) is 15.0. The van der Waals surface area contributed by atoms with E-state index in [1.807, 2.05) is 30.3 Å². The molecule has 3 N–H and O–H groups in total. The molecule has 108 valence electrons. The quantitative estimate of drug-likeness (QED) is 0.747. The molecule has 0 aliphatic heterocycles. The highest BCUT2D eigenvalue weighted by Crippen LogP contribution is 2.25. The number of nitrogens with zero attached hydrogens (tertiary/aromatic N) is 4. The van der Waals surface area contributed by atoms with Crippen molar-refractivity contribution < 1.29 is 5.11 Å². The normalized spacial score (nSPS) is 14.2. The summed E-state index contributed by atoms with van der Waals surface area (Å²) in [5.41, 5.74) is 6.98. The average molecular weight is 293 g/mol. The van der Waals surface area contributed by atoms with Crippen LogP contribution in [0.25, 0.3) is 5.69 Å². The Morgan fingerprint density at radius 1 is 1.35 bits per heavy atom. The monoisotopic (exact) mass is 293 g/mol. The molecule has 0 aliphatic carbocycles. The molecule has 2 rings (SSSR count). The third-order valence-corrected chi connectivity index (χ3v) is 4.24. The number of hydrogen-bond acceptors (Lipinski definition) is 6. The first-order chi connectivity index (χ1) is 9.76. The lowest BCUT2D eigenvalue weighted by Gasteiger charge is -2.20. The number of rotatable bonds is 7. The van der Waals surface area contributed by atoms with Gasteiger partial charge in [0.15, 0.2) is 0 Å². The zero-order chi connectivity index (χ0) is 14.4. The van der Waals surface area contributed by atoms with Crippen LogP contribution < -0.4 is 5.73 Å². The van der Waals surface area contributed by atoms with Gasteiger partial charge in [-0.15, -0.1) is 5.10 Å². The number of thioether (sulfide) groups is 1. The van der Waals surface area contributed by atoms with Crippen molar-refractivity contribution in [2.45, 2.75) is 36.2 Å². The third kappa shape index (κ3) is 3.56. The largest absolute Gasteiger partial charge is 0.395 e. The summed E-state index contributed by atoms with van der Waals surface area (Å²) in [5.74, 6) is 0. The van der Waals surface area contributed by atoms with Crippen molar-refractivity contribution in [3.63, 3.8) is 0 Å². The zero-order valence-electron chi connectivity index (χ0n) is 11.4. The minimum Gasteiger partial charge on any atom is -0.395 e. The van der Waals surface area contributed by atoms with Gasteiger partial charge in [-0.1, -0.05) is 43.3 Å². The number of tetrazole rings is 1. The van der Waals surface area contributed by atoms with Crippen LogP contribution in [0.1, 0.15) is 19.8 Å². The van der Waals surface area contributed by atoms with Gasteiger partial charge in [-0.3, -0.25) is 0 Å². The molecule has 0 radical (unpaired) electrons. The lowest BCUT2D eigenvalue weighted by atomic mass is 10.1. The summed E-state index contributed by atoms with van der Waals surface area (Å²) in [6.45, 7) is 2.08.